The second-order valence-electron chi connectivity index (χ2n) is 3.62. The van der Waals surface area contributed by atoms with Gasteiger partial charge in [0.25, 0.3) is 5.91 Å². The lowest BCUT2D eigenvalue weighted by molar-refractivity contribution is -0.127. The number of nitrogens with two attached hydrogens (primary N) is 1. The highest BCUT2D eigenvalue weighted by Gasteiger charge is 2.13. The Morgan fingerprint density at radius 2 is 2.06 bits per heavy atom. The maximum atomic E-state index is 11.5. The lowest BCUT2D eigenvalue weighted by Gasteiger charge is -2.14. The fraction of sp³-hybridized carbons (Fsp3) is 0.417. The van der Waals surface area contributed by atoms with E-state index in [1.165, 1.54) is 0 Å². The molecule has 0 aliphatic rings. The van der Waals surface area contributed by atoms with Crippen molar-refractivity contribution in [3.05, 3.63) is 24.3 Å². The van der Waals surface area contributed by atoms with Crippen LogP contribution in [-0.4, -0.2) is 18.6 Å². The Hall–Kier alpha value is -1.71. The molecule has 4 heteroatoms. The van der Waals surface area contributed by atoms with E-state index in [9.17, 15) is 4.79 Å². The molecular weight excluding hydrogens is 204 g/mol. The Kier molecular flexibility index (Phi) is 4.64. The molecule has 1 aromatic rings. The minimum atomic E-state index is -0.491. The van der Waals surface area contributed by atoms with Gasteiger partial charge in [0, 0.05) is 12.2 Å². The molecule has 1 amide bonds. The molecule has 1 aromatic carbocycles. The van der Waals surface area contributed by atoms with Gasteiger partial charge in [-0.3, -0.25) is 4.79 Å². The molecule has 1 atom stereocenters. The number of carbonyl (C=O) groups excluding carboxylic acids is 1. The van der Waals surface area contributed by atoms with Crippen molar-refractivity contribution in [2.24, 2.45) is 0 Å². The van der Waals surface area contributed by atoms with Gasteiger partial charge < -0.3 is 15.8 Å². The van der Waals surface area contributed by atoms with Crippen LogP contribution in [0.25, 0.3) is 0 Å². The van der Waals surface area contributed by atoms with Gasteiger partial charge in [-0.1, -0.05) is 6.92 Å². The predicted molar refractivity (Wildman–Crippen MR) is 64.2 cm³/mol. The number of anilines is 1. The van der Waals surface area contributed by atoms with Gasteiger partial charge in [-0.05, 0) is 37.6 Å². The Morgan fingerprint density at radius 3 is 2.62 bits per heavy atom. The van der Waals surface area contributed by atoms with Crippen molar-refractivity contribution in [2.45, 2.75) is 26.4 Å². The van der Waals surface area contributed by atoms with Gasteiger partial charge in [-0.15, -0.1) is 0 Å². The van der Waals surface area contributed by atoms with Gasteiger partial charge in [0.1, 0.15) is 5.75 Å². The van der Waals surface area contributed by atoms with Crippen LogP contribution in [0.1, 0.15) is 20.3 Å². The summed E-state index contributed by atoms with van der Waals surface area (Å²) in [6.45, 7) is 4.40. The summed E-state index contributed by atoms with van der Waals surface area (Å²) in [6.07, 6.45) is 0.426. The highest BCUT2D eigenvalue weighted by atomic mass is 16.5. The van der Waals surface area contributed by atoms with Crippen LogP contribution in [0.15, 0.2) is 24.3 Å². The maximum absolute atomic E-state index is 11.5. The number of carbonyl (C=O) groups is 1. The maximum Gasteiger partial charge on any atom is 0.260 e. The molecule has 0 saturated heterocycles. The molecule has 88 valence electrons. The van der Waals surface area contributed by atoms with E-state index < -0.39 is 6.10 Å². The molecule has 1 rings (SSSR count). The van der Waals surface area contributed by atoms with Gasteiger partial charge in [-0.2, -0.15) is 0 Å². The molecule has 0 fully saturated rings. The second kappa shape index (κ2) is 6.00. The standard InChI is InChI=1S/C12H18N2O2/c1-3-8-14-12(15)9(2)16-11-6-4-10(13)5-7-11/h4-7,9H,3,8,13H2,1-2H3,(H,14,15). The average molecular weight is 222 g/mol. The van der Waals surface area contributed by atoms with Crippen LogP contribution in [-0.2, 0) is 4.79 Å². The summed E-state index contributed by atoms with van der Waals surface area (Å²) in [4.78, 5) is 11.5. The normalized spacial score (nSPS) is 11.9. The monoisotopic (exact) mass is 222 g/mol. The van der Waals surface area contributed by atoms with Crippen molar-refractivity contribution in [3.63, 3.8) is 0 Å². The zero-order chi connectivity index (χ0) is 12.0. The van der Waals surface area contributed by atoms with Gasteiger partial charge in [0.05, 0.1) is 0 Å². The van der Waals surface area contributed by atoms with Crippen molar-refractivity contribution >= 4 is 11.6 Å². The lowest BCUT2D eigenvalue weighted by atomic mass is 10.3. The number of amides is 1. The van der Waals surface area contributed by atoms with E-state index in [2.05, 4.69) is 5.32 Å². The van der Waals surface area contributed by atoms with Crippen LogP contribution in [0.5, 0.6) is 5.75 Å². The fourth-order valence-corrected chi connectivity index (χ4v) is 1.20. The molecule has 0 aliphatic heterocycles. The number of ether oxygens (including phenoxy) is 1. The summed E-state index contributed by atoms with van der Waals surface area (Å²) in [5.74, 6) is 0.548. The number of hydrogen-bond acceptors (Lipinski definition) is 3. The van der Waals surface area contributed by atoms with Gasteiger partial charge in [0.2, 0.25) is 0 Å². The highest BCUT2D eigenvalue weighted by Crippen LogP contribution is 2.14. The molecule has 1 unspecified atom stereocenters. The molecule has 0 aromatic heterocycles. The first-order chi connectivity index (χ1) is 7.63. The Balaban J connectivity index is 2.47. The highest BCUT2D eigenvalue weighted by molar-refractivity contribution is 5.80. The van der Waals surface area contributed by atoms with E-state index in [1.807, 2.05) is 6.92 Å². The molecule has 0 spiro atoms. The summed E-state index contributed by atoms with van der Waals surface area (Å²) < 4.78 is 5.46. The van der Waals surface area contributed by atoms with E-state index in [0.717, 1.165) is 6.42 Å². The Morgan fingerprint density at radius 1 is 1.44 bits per heavy atom. The van der Waals surface area contributed by atoms with Crippen LogP contribution >= 0.6 is 0 Å². The Bertz CT molecular complexity index is 335. The second-order valence-corrected chi connectivity index (χ2v) is 3.62. The third-order valence-corrected chi connectivity index (χ3v) is 2.11. The van der Waals surface area contributed by atoms with Crippen LogP contribution in [0.3, 0.4) is 0 Å². The molecule has 0 aliphatic carbocycles. The molecule has 0 bridgehead atoms. The van der Waals surface area contributed by atoms with Crippen molar-refractivity contribution < 1.29 is 9.53 Å². The average Bonchev–Trinajstić information content (AvgIpc) is 2.29. The topological polar surface area (TPSA) is 64.3 Å². The largest absolute Gasteiger partial charge is 0.481 e. The molecular formula is C12H18N2O2. The van der Waals surface area contributed by atoms with E-state index >= 15 is 0 Å². The summed E-state index contributed by atoms with van der Waals surface area (Å²) in [5, 5.41) is 2.78. The molecule has 3 N–H and O–H groups in total. The van der Waals surface area contributed by atoms with E-state index in [-0.39, 0.29) is 5.91 Å². The summed E-state index contributed by atoms with van der Waals surface area (Å²) in [6, 6.07) is 6.98. The van der Waals surface area contributed by atoms with Gasteiger partial charge in [-0.25, -0.2) is 0 Å². The van der Waals surface area contributed by atoms with Gasteiger partial charge >= 0.3 is 0 Å². The van der Waals surface area contributed by atoms with E-state index in [0.29, 0.717) is 18.0 Å². The minimum absolute atomic E-state index is 0.0984. The lowest BCUT2D eigenvalue weighted by Crippen LogP contribution is -2.36. The third-order valence-electron chi connectivity index (χ3n) is 2.11. The number of nitrogen functional groups attached to an aromatic ring is 1. The van der Waals surface area contributed by atoms with E-state index in [1.54, 1.807) is 31.2 Å². The summed E-state index contributed by atoms with van der Waals surface area (Å²) >= 11 is 0. The number of rotatable bonds is 5. The van der Waals surface area contributed by atoms with Crippen LogP contribution < -0.4 is 15.8 Å². The van der Waals surface area contributed by atoms with Crippen molar-refractivity contribution in [2.75, 3.05) is 12.3 Å². The fourth-order valence-electron chi connectivity index (χ4n) is 1.20. The van der Waals surface area contributed by atoms with Crippen LogP contribution in [0, 0.1) is 0 Å². The van der Waals surface area contributed by atoms with E-state index in [4.69, 9.17) is 10.5 Å². The molecule has 0 saturated carbocycles. The smallest absolute Gasteiger partial charge is 0.260 e. The number of benzene rings is 1. The first-order valence-corrected chi connectivity index (χ1v) is 5.43. The first kappa shape index (κ1) is 12.4. The zero-order valence-electron chi connectivity index (χ0n) is 9.69. The molecule has 0 radical (unpaired) electrons. The van der Waals surface area contributed by atoms with Crippen LogP contribution in [0.2, 0.25) is 0 Å². The van der Waals surface area contributed by atoms with Crippen molar-refractivity contribution in [3.8, 4) is 5.75 Å². The minimum Gasteiger partial charge on any atom is -0.481 e. The molecule has 0 heterocycles. The number of hydrogen-bond donors (Lipinski definition) is 2. The Labute approximate surface area is 95.8 Å². The van der Waals surface area contributed by atoms with Crippen molar-refractivity contribution in [1.29, 1.82) is 0 Å². The first-order valence-electron chi connectivity index (χ1n) is 5.43. The number of nitrogens with one attached hydrogen (secondary N) is 1. The van der Waals surface area contributed by atoms with Gasteiger partial charge in [0.15, 0.2) is 6.10 Å². The SMILES string of the molecule is CCCNC(=O)C(C)Oc1ccc(N)cc1. The predicted octanol–water partition coefficient (Wildman–Crippen LogP) is 1.56. The van der Waals surface area contributed by atoms with Crippen LogP contribution in [0.4, 0.5) is 5.69 Å². The quantitative estimate of drug-likeness (QED) is 0.743. The third kappa shape index (κ3) is 3.81. The molecule has 16 heavy (non-hydrogen) atoms. The van der Waals surface area contributed by atoms with Crippen molar-refractivity contribution in [1.82, 2.24) is 5.32 Å². The summed E-state index contributed by atoms with van der Waals surface area (Å²) in [5.41, 5.74) is 6.22. The summed E-state index contributed by atoms with van der Waals surface area (Å²) in [7, 11) is 0. The molecule has 4 nitrogen and oxygen atoms in total. The zero-order valence-corrected chi connectivity index (χ0v) is 9.69.